The summed E-state index contributed by atoms with van der Waals surface area (Å²) in [5.41, 5.74) is 1.42. The number of hydrogen-bond donors (Lipinski definition) is 2. The van der Waals surface area contributed by atoms with Crippen LogP contribution in [0.2, 0.25) is 0 Å². The largest absolute Gasteiger partial charge is 0.507 e. The van der Waals surface area contributed by atoms with Crippen molar-refractivity contribution in [2.24, 2.45) is 0 Å². The van der Waals surface area contributed by atoms with Gasteiger partial charge in [-0.25, -0.2) is 0 Å². The van der Waals surface area contributed by atoms with Crippen molar-refractivity contribution in [3.63, 3.8) is 0 Å². The average molecular weight is 264 g/mol. The Hall–Kier alpha value is -1.85. The van der Waals surface area contributed by atoms with Gasteiger partial charge >= 0.3 is 0 Å². The first-order chi connectivity index (χ1) is 8.41. The molecule has 0 aliphatic heterocycles. The molecular formula is C13H12O4S. The minimum absolute atomic E-state index is 0.0221. The molecule has 0 bridgehead atoms. The molecule has 0 heterocycles. The molecule has 18 heavy (non-hydrogen) atoms. The molecule has 0 amide bonds. The molecule has 2 aromatic rings. The lowest BCUT2D eigenvalue weighted by Gasteiger charge is -2.11. The summed E-state index contributed by atoms with van der Waals surface area (Å²) in [5, 5.41) is 9.86. The van der Waals surface area contributed by atoms with Crippen molar-refractivity contribution in [3.05, 3.63) is 48.0 Å². The monoisotopic (exact) mass is 264 g/mol. The van der Waals surface area contributed by atoms with E-state index in [1.54, 1.807) is 31.2 Å². The minimum atomic E-state index is -4.33. The van der Waals surface area contributed by atoms with E-state index < -0.39 is 10.1 Å². The van der Waals surface area contributed by atoms with Gasteiger partial charge in [0.15, 0.2) is 0 Å². The molecule has 94 valence electrons. The van der Waals surface area contributed by atoms with Crippen molar-refractivity contribution in [2.75, 3.05) is 0 Å². The lowest BCUT2D eigenvalue weighted by atomic mass is 9.99. The van der Waals surface area contributed by atoms with Gasteiger partial charge in [0.05, 0.1) is 0 Å². The third kappa shape index (κ3) is 2.23. The molecule has 2 aromatic carbocycles. The van der Waals surface area contributed by atoms with Crippen molar-refractivity contribution >= 4 is 10.1 Å². The SMILES string of the molecule is Cc1cccc(O)c1-c1ccccc1S(=O)(=O)O. The van der Waals surface area contributed by atoms with Crippen LogP contribution in [0, 0.1) is 6.92 Å². The smallest absolute Gasteiger partial charge is 0.295 e. The second kappa shape index (κ2) is 4.44. The molecule has 0 spiro atoms. The molecule has 0 aromatic heterocycles. The second-order valence-electron chi connectivity index (χ2n) is 3.94. The average Bonchev–Trinajstić information content (AvgIpc) is 2.28. The Labute approximate surface area is 105 Å². The van der Waals surface area contributed by atoms with Gasteiger partial charge in [0.2, 0.25) is 0 Å². The highest BCUT2D eigenvalue weighted by molar-refractivity contribution is 7.86. The van der Waals surface area contributed by atoms with Crippen LogP contribution in [-0.4, -0.2) is 18.1 Å². The van der Waals surface area contributed by atoms with Crippen LogP contribution < -0.4 is 0 Å². The number of aromatic hydroxyl groups is 1. The molecule has 0 aliphatic carbocycles. The summed E-state index contributed by atoms with van der Waals surface area (Å²) < 4.78 is 31.9. The van der Waals surface area contributed by atoms with Gasteiger partial charge in [-0.2, -0.15) is 8.42 Å². The summed E-state index contributed by atoms with van der Waals surface area (Å²) in [6.07, 6.45) is 0. The van der Waals surface area contributed by atoms with Gasteiger partial charge in [0, 0.05) is 11.1 Å². The molecule has 0 saturated heterocycles. The second-order valence-corrected chi connectivity index (χ2v) is 5.33. The van der Waals surface area contributed by atoms with Gasteiger partial charge < -0.3 is 5.11 Å². The lowest BCUT2D eigenvalue weighted by Crippen LogP contribution is -2.01. The summed E-state index contributed by atoms with van der Waals surface area (Å²) in [6, 6.07) is 10.9. The normalized spacial score (nSPS) is 11.4. The summed E-state index contributed by atoms with van der Waals surface area (Å²) in [7, 11) is -4.33. The third-order valence-electron chi connectivity index (χ3n) is 2.69. The Morgan fingerprint density at radius 3 is 2.28 bits per heavy atom. The summed E-state index contributed by atoms with van der Waals surface area (Å²) in [5.74, 6) is -0.0221. The zero-order chi connectivity index (χ0) is 13.3. The van der Waals surface area contributed by atoms with Crippen LogP contribution in [0.4, 0.5) is 0 Å². The number of rotatable bonds is 2. The Balaban J connectivity index is 2.81. The van der Waals surface area contributed by atoms with Crippen LogP contribution in [0.25, 0.3) is 11.1 Å². The zero-order valence-corrected chi connectivity index (χ0v) is 10.5. The van der Waals surface area contributed by atoms with Gasteiger partial charge in [-0.3, -0.25) is 4.55 Å². The molecule has 0 fully saturated rings. The highest BCUT2D eigenvalue weighted by Gasteiger charge is 2.18. The molecule has 0 radical (unpaired) electrons. The van der Waals surface area contributed by atoms with E-state index in [4.69, 9.17) is 0 Å². The van der Waals surface area contributed by atoms with Crippen LogP contribution >= 0.6 is 0 Å². The maximum Gasteiger partial charge on any atom is 0.295 e. The molecule has 2 rings (SSSR count). The molecule has 0 atom stereocenters. The quantitative estimate of drug-likeness (QED) is 0.818. The van der Waals surface area contributed by atoms with Gasteiger partial charge in [0.1, 0.15) is 10.6 Å². The van der Waals surface area contributed by atoms with Crippen LogP contribution in [-0.2, 0) is 10.1 Å². The van der Waals surface area contributed by atoms with Crippen LogP contribution in [0.3, 0.4) is 0 Å². The number of benzene rings is 2. The maximum atomic E-state index is 11.3. The lowest BCUT2D eigenvalue weighted by molar-refractivity contribution is 0.476. The van der Waals surface area contributed by atoms with E-state index in [9.17, 15) is 18.1 Å². The first-order valence-electron chi connectivity index (χ1n) is 5.27. The Morgan fingerprint density at radius 1 is 1.00 bits per heavy atom. The van der Waals surface area contributed by atoms with Crippen LogP contribution in [0.15, 0.2) is 47.4 Å². The molecule has 0 aliphatic rings. The van der Waals surface area contributed by atoms with E-state index in [2.05, 4.69) is 0 Å². The van der Waals surface area contributed by atoms with Gasteiger partial charge in [0.25, 0.3) is 10.1 Å². The number of aryl methyl sites for hydroxylation is 1. The molecule has 4 nitrogen and oxygen atoms in total. The molecular weight excluding hydrogens is 252 g/mol. The van der Waals surface area contributed by atoms with Crippen molar-refractivity contribution < 1.29 is 18.1 Å². The fourth-order valence-corrected chi connectivity index (χ4v) is 2.60. The van der Waals surface area contributed by atoms with Crippen molar-refractivity contribution in [1.82, 2.24) is 0 Å². The maximum absolute atomic E-state index is 11.3. The zero-order valence-electron chi connectivity index (χ0n) is 9.66. The highest BCUT2D eigenvalue weighted by Crippen LogP contribution is 2.35. The summed E-state index contributed by atoms with van der Waals surface area (Å²) >= 11 is 0. The summed E-state index contributed by atoms with van der Waals surface area (Å²) in [6.45, 7) is 1.76. The Kier molecular flexibility index (Phi) is 3.11. The highest BCUT2D eigenvalue weighted by atomic mass is 32.2. The number of hydrogen-bond acceptors (Lipinski definition) is 3. The van der Waals surface area contributed by atoms with Crippen molar-refractivity contribution in [2.45, 2.75) is 11.8 Å². The van der Waals surface area contributed by atoms with Crippen LogP contribution in [0.5, 0.6) is 5.75 Å². The first kappa shape index (κ1) is 12.6. The van der Waals surface area contributed by atoms with E-state index in [1.165, 1.54) is 18.2 Å². The van der Waals surface area contributed by atoms with Crippen molar-refractivity contribution in [3.8, 4) is 16.9 Å². The molecule has 5 heteroatoms. The predicted molar refractivity (Wildman–Crippen MR) is 68.1 cm³/mol. The molecule has 2 N–H and O–H groups in total. The fraction of sp³-hybridized carbons (Fsp3) is 0.0769. The van der Waals surface area contributed by atoms with E-state index in [1.807, 2.05) is 0 Å². The Morgan fingerprint density at radius 2 is 1.67 bits per heavy atom. The van der Waals surface area contributed by atoms with Gasteiger partial charge in [-0.15, -0.1) is 0 Å². The third-order valence-corrected chi connectivity index (χ3v) is 3.60. The number of phenolic OH excluding ortho intramolecular Hbond substituents is 1. The van der Waals surface area contributed by atoms with E-state index >= 15 is 0 Å². The van der Waals surface area contributed by atoms with E-state index in [0.29, 0.717) is 5.56 Å². The molecule has 0 saturated carbocycles. The van der Waals surface area contributed by atoms with Gasteiger partial charge in [-0.1, -0.05) is 30.3 Å². The minimum Gasteiger partial charge on any atom is -0.507 e. The fourth-order valence-electron chi connectivity index (χ4n) is 1.90. The van der Waals surface area contributed by atoms with E-state index in [-0.39, 0.29) is 16.2 Å². The standard InChI is InChI=1S/C13H12O4S/c1-9-5-4-7-11(14)13(9)10-6-2-3-8-12(10)18(15,16)17/h2-8,14H,1H3,(H,15,16,17). The summed E-state index contributed by atoms with van der Waals surface area (Å²) in [4.78, 5) is -0.213. The van der Waals surface area contributed by atoms with Crippen LogP contribution in [0.1, 0.15) is 5.56 Å². The predicted octanol–water partition coefficient (Wildman–Crippen LogP) is 2.61. The van der Waals surface area contributed by atoms with E-state index in [0.717, 1.165) is 5.56 Å². The molecule has 0 unspecified atom stereocenters. The number of phenols is 1. The van der Waals surface area contributed by atoms with Crippen molar-refractivity contribution in [1.29, 1.82) is 0 Å². The van der Waals surface area contributed by atoms with Gasteiger partial charge in [-0.05, 0) is 24.6 Å². The first-order valence-corrected chi connectivity index (χ1v) is 6.71. The Bertz CT molecular complexity index is 670. The topological polar surface area (TPSA) is 74.6 Å².